The van der Waals surface area contributed by atoms with Crippen molar-refractivity contribution < 1.29 is 22.7 Å². The molecule has 0 saturated heterocycles. The number of para-hydroxylation sites is 1. The van der Waals surface area contributed by atoms with Crippen molar-refractivity contribution in [1.82, 2.24) is 5.43 Å². The van der Waals surface area contributed by atoms with Crippen molar-refractivity contribution in [2.45, 2.75) is 26.1 Å². The third-order valence-corrected chi connectivity index (χ3v) is 3.22. The summed E-state index contributed by atoms with van der Waals surface area (Å²) < 4.78 is 44.1. The quantitative estimate of drug-likeness (QED) is 0.813. The van der Waals surface area contributed by atoms with Crippen LogP contribution >= 0.6 is 0 Å². The Labute approximate surface area is 137 Å². The summed E-state index contributed by atoms with van der Waals surface area (Å²) in [5, 5.41) is 0. The summed E-state index contributed by atoms with van der Waals surface area (Å²) in [4.78, 5) is 12.0. The van der Waals surface area contributed by atoms with Crippen molar-refractivity contribution in [1.29, 1.82) is 0 Å². The Morgan fingerprint density at radius 1 is 1.12 bits per heavy atom. The van der Waals surface area contributed by atoms with Gasteiger partial charge >= 0.3 is 6.18 Å². The molecule has 24 heavy (non-hydrogen) atoms. The van der Waals surface area contributed by atoms with E-state index in [1.165, 1.54) is 25.1 Å². The first-order chi connectivity index (χ1) is 11.3. The average molecular weight is 338 g/mol. The van der Waals surface area contributed by atoms with Crippen LogP contribution in [0.5, 0.6) is 5.75 Å². The molecule has 2 aromatic rings. The van der Waals surface area contributed by atoms with Gasteiger partial charge in [0.1, 0.15) is 5.75 Å². The summed E-state index contributed by atoms with van der Waals surface area (Å²) in [6.07, 6.45) is -5.39. The van der Waals surface area contributed by atoms with Crippen molar-refractivity contribution in [3.63, 3.8) is 0 Å². The van der Waals surface area contributed by atoms with E-state index in [4.69, 9.17) is 4.74 Å². The number of nitrogens with one attached hydrogen (secondary N) is 2. The lowest BCUT2D eigenvalue weighted by atomic mass is 10.2. The summed E-state index contributed by atoms with van der Waals surface area (Å²) in [5.74, 6) is -0.0816. The van der Waals surface area contributed by atoms with E-state index in [0.717, 1.165) is 11.6 Å². The van der Waals surface area contributed by atoms with Gasteiger partial charge in [0.25, 0.3) is 5.91 Å². The number of halogens is 3. The number of hydrazine groups is 1. The zero-order valence-corrected chi connectivity index (χ0v) is 13.1. The lowest BCUT2D eigenvalue weighted by molar-refractivity contribution is -0.137. The third-order valence-electron chi connectivity index (χ3n) is 3.22. The number of carbonyl (C=O) groups excluding carboxylic acids is 1. The van der Waals surface area contributed by atoms with E-state index in [0.29, 0.717) is 5.75 Å². The largest absolute Gasteiger partial charge is 0.481 e. The zero-order chi connectivity index (χ0) is 17.7. The summed E-state index contributed by atoms with van der Waals surface area (Å²) in [7, 11) is 0. The Bertz CT molecular complexity index is 717. The molecule has 1 atom stereocenters. The minimum Gasteiger partial charge on any atom is -0.481 e. The molecule has 0 aliphatic carbocycles. The Balaban J connectivity index is 1.98. The van der Waals surface area contributed by atoms with E-state index >= 15 is 0 Å². The standard InChI is InChI=1S/C17H17F3N2O2/c1-11-6-5-7-13(10-11)24-12(2)16(23)22-21-15-9-4-3-8-14(15)17(18,19)20/h3-10,12,21H,1-2H3,(H,22,23). The number of amides is 1. The highest BCUT2D eigenvalue weighted by Crippen LogP contribution is 2.34. The molecule has 128 valence electrons. The molecule has 2 N–H and O–H groups in total. The zero-order valence-electron chi connectivity index (χ0n) is 13.1. The maximum absolute atomic E-state index is 12.9. The molecule has 4 nitrogen and oxygen atoms in total. The molecule has 0 aromatic heterocycles. The first kappa shape index (κ1) is 17.7. The van der Waals surface area contributed by atoms with Crippen LogP contribution in [0.3, 0.4) is 0 Å². The van der Waals surface area contributed by atoms with Crippen LogP contribution in [-0.4, -0.2) is 12.0 Å². The van der Waals surface area contributed by atoms with Crippen LogP contribution in [0.1, 0.15) is 18.1 Å². The normalized spacial score (nSPS) is 12.4. The van der Waals surface area contributed by atoms with Crippen LogP contribution in [0.15, 0.2) is 48.5 Å². The van der Waals surface area contributed by atoms with Crippen LogP contribution in [0.25, 0.3) is 0 Å². The lowest BCUT2D eigenvalue weighted by Crippen LogP contribution is -2.40. The topological polar surface area (TPSA) is 50.4 Å². The smallest absolute Gasteiger partial charge is 0.418 e. The number of anilines is 1. The second-order valence-electron chi connectivity index (χ2n) is 5.23. The number of hydrogen-bond acceptors (Lipinski definition) is 3. The summed E-state index contributed by atoms with van der Waals surface area (Å²) in [5.41, 5.74) is 4.40. The SMILES string of the molecule is Cc1cccc(OC(C)C(=O)NNc2ccccc2C(F)(F)F)c1. The van der Waals surface area contributed by atoms with Crippen LogP contribution in [0.4, 0.5) is 18.9 Å². The molecule has 0 bridgehead atoms. The molecule has 7 heteroatoms. The third kappa shape index (κ3) is 4.65. The molecule has 0 heterocycles. The molecule has 1 amide bonds. The van der Waals surface area contributed by atoms with Gasteiger partial charge in [0, 0.05) is 0 Å². The summed E-state index contributed by atoms with van der Waals surface area (Å²) >= 11 is 0. The van der Waals surface area contributed by atoms with Crippen LogP contribution in [0.2, 0.25) is 0 Å². The van der Waals surface area contributed by atoms with E-state index in [9.17, 15) is 18.0 Å². The molecular formula is C17H17F3N2O2. The summed E-state index contributed by atoms with van der Waals surface area (Å²) in [6, 6.07) is 12.0. The molecule has 2 rings (SSSR count). The lowest BCUT2D eigenvalue weighted by Gasteiger charge is -2.18. The highest BCUT2D eigenvalue weighted by Gasteiger charge is 2.33. The summed E-state index contributed by atoms with van der Waals surface area (Å²) in [6.45, 7) is 3.39. The molecular weight excluding hydrogens is 321 g/mol. The van der Waals surface area contributed by atoms with Crippen LogP contribution in [0, 0.1) is 6.92 Å². The van der Waals surface area contributed by atoms with E-state index in [-0.39, 0.29) is 5.69 Å². The number of aryl methyl sites for hydroxylation is 1. The van der Waals surface area contributed by atoms with Crippen LogP contribution in [-0.2, 0) is 11.0 Å². The minimum absolute atomic E-state index is 0.235. The predicted molar refractivity (Wildman–Crippen MR) is 84.5 cm³/mol. The molecule has 1 unspecified atom stereocenters. The van der Waals surface area contributed by atoms with Gasteiger partial charge in [-0.2, -0.15) is 13.2 Å². The predicted octanol–water partition coefficient (Wildman–Crippen LogP) is 3.92. The van der Waals surface area contributed by atoms with Gasteiger partial charge in [-0.3, -0.25) is 15.6 Å². The average Bonchev–Trinajstić information content (AvgIpc) is 2.52. The van der Waals surface area contributed by atoms with Gasteiger partial charge in [-0.25, -0.2) is 0 Å². The Morgan fingerprint density at radius 3 is 2.50 bits per heavy atom. The first-order valence-electron chi connectivity index (χ1n) is 7.23. The van der Waals surface area contributed by atoms with Gasteiger partial charge in [-0.05, 0) is 43.7 Å². The molecule has 0 aliphatic rings. The van der Waals surface area contributed by atoms with E-state index < -0.39 is 23.8 Å². The van der Waals surface area contributed by atoms with Gasteiger partial charge in [0.2, 0.25) is 0 Å². The Hall–Kier alpha value is -2.70. The second kappa shape index (κ2) is 7.25. The van der Waals surface area contributed by atoms with Crippen LogP contribution < -0.4 is 15.6 Å². The highest BCUT2D eigenvalue weighted by molar-refractivity contribution is 5.82. The number of rotatable bonds is 5. The van der Waals surface area contributed by atoms with Gasteiger partial charge in [-0.15, -0.1) is 0 Å². The van der Waals surface area contributed by atoms with Crippen molar-refractivity contribution in [2.24, 2.45) is 0 Å². The number of carbonyl (C=O) groups is 1. The Morgan fingerprint density at radius 2 is 1.83 bits per heavy atom. The first-order valence-corrected chi connectivity index (χ1v) is 7.23. The van der Waals surface area contributed by atoms with E-state index in [1.807, 2.05) is 13.0 Å². The number of ether oxygens (including phenoxy) is 1. The van der Waals surface area contributed by atoms with E-state index in [2.05, 4.69) is 10.9 Å². The fourth-order valence-corrected chi connectivity index (χ4v) is 2.02. The van der Waals surface area contributed by atoms with Crippen molar-refractivity contribution in [2.75, 3.05) is 5.43 Å². The molecule has 0 fully saturated rings. The molecule has 0 aliphatic heterocycles. The van der Waals surface area contributed by atoms with Gasteiger partial charge in [0.05, 0.1) is 11.3 Å². The number of hydrogen-bond donors (Lipinski definition) is 2. The molecule has 0 radical (unpaired) electrons. The second-order valence-corrected chi connectivity index (χ2v) is 5.23. The maximum Gasteiger partial charge on any atom is 0.418 e. The molecule has 0 spiro atoms. The number of benzene rings is 2. The molecule has 2 aromatic carbocycles. The Kier molecular flexibility index (Phi) is 5.33. The van der Waals surface area contributed by atoms with Gasteiger partial charge in [0.15, 0.2) is 6.10 Å². The maximum atomic E-state index is 12.9. The monoisotopic (exact) mass is 338 g/mol. The fourth-order valence-electron chi connectivity index (χ4n) is 2.02. The minimum atomic E-state index is -4.52. The van der Waals surface area contributed by atoms with Crippen molar-refractivity contribution in [3.05, 3.63) is 59.7 Å². The fraction of sp³-hybridized carbons (Fsp3) is 0.235. The van der Waals surface area contributed by atoms with Crippen molar-refractivity contribution >= 4 is 11.6 Å². The van der Waals surface area contributed by atoms with Gasteiger partial charge in [-0.1, -0.05) is 24.3 Å². The van der Waals surface area contributed by atoms with E-state index in [1.54, 1.807) is 18.2 Å². The molecule has 0 saturated carbocycles. The van der Waals surface area contributed by atoms with Gasteiger partial charge < -0.3 is 4.74 Å². The highest BCUT2D eigenvalue weighted by atomic mass is 19.4. The van der Waals surface area contributed by atoms with Crippen molar-refractivity contribution in [3.8, 4) is 5.75 Å². The number of alkyl halides is 3.